The minimum Gasteiger partial charge on any atom is -0.355 e. The van der Waals surface area contributed by atoms with Gasteiger partial charge in [-0.05, 0) is 37.0 Å². The standard InChI is InChI=1S/C18H22N2O3S2/c21-17(19-11-10-15-6-2-1-3-7-15)14-16-8-9-18(24-16)25(22,23)20-12-4-5-13-20/h1-3,6-9H,4-5,10-14H2,(H,19,21). The molecule has 3 rings (SSSR count). The fourth-order valence-electron chi connectivity index (χ4n) is 2.86. The maximum Gasteiger partial charge on any atom is 0.252 e. The first-order chi connectivity index (χ1) is 12.1. The topological polar surface area (TPSA) is 66.5 Å². The van der Waals surface area contributed by atoms with Crippen LogP contribution in [0.25, 0.3) is 0 Å². The van der Waals surface area contributed by atoms with Crippen LogP contribution in [0.1, 0.15) is 23.3 Å². The van der Waals surface area contributed by atoms with Crippen LogP contribution in [-0.4, -0.2) is 38.3 Å². The maximum atomic E-state index is 12.5. The van der Waals surface area contributed by atoms with Gasteiger partial charge in [-0.15, -0.1) is 11.3 Å². The second-order valence-corrected chi connectivity index (χ2v) is 9.43. The van der Waals surface area contributed by atoms with E-state index in [0.29, 0.717) is 23.8 Å². The molecule has 1 aromatic heterocycles. The van der Waals surface area contributed by atoms with Crippen molar-refractivity contribution in [2.45, 2.75) is 29.9 Å². The van der Waals surface area contributed by atoms with E-state index < -0.39 is 10.0 Å². The highest BCUT2D eigenvalue weighted by molar-refractivity contribution is 7.91. The lowest BCUT2D eigenvalue weighted by Crippen LogP contribution is -2.27. The van der Waals surface area contributed by atoms with E-state index in [2.05, 4.69) is 5.32 Å². The number of hydrogen-bond donors (Lipinski definition) is 1. The van der Waals surface area contributed by atoms with Gasteiger partial charge in [0.1, 0.15) is 4.21 Å². The Bertz CT molecular complexity index is 810. The summed E-state index contributed by atoms with van der Waals surface area (Å²) in [4.78, 5) is 12.8. The summed E-state index contributed by atoms with van der Waals surface area (Å²) in [6.45, 7) is 1.76. The Morgan fingerprint density at radius 3 is 2.52 bits per heavy atom. The lowest BCUT2D eigenvalue weighted by molar-refractivity contribution is -0.120. The number of carbonyl (C=O) groups excluding carboxylic acids is 1. The number of nitrogens with zero attached hydrogens (tertiary/aromatic N) is 1. The quantitative estimate of drug-likeness (QED) is 0.805. The highest BCUT2D eigenvalue weighted by atomic mass is 32.2. The molecule has 0 aliphatic carbocycles. The van der Waals surface area contributed by atoms with Gasteiger partial charge in [0.05, 0.1) is 6.42 Å². The molecule has 0 radical (unpaired) electrons. The molecule has 1 aliphatic heterocycles. The lowest BCUT2D eigenvalue weighted by Gasteiger charge is -2.13. The molecule has 1 aromatic carbocycles. The summed E-state index contributed by atoms with van der Waals surface area (Å²) in [5.41, 5.74) is 1.18. The third kappa shape index (κ3) is 4.68. The molecule has 25 heavy (non-hydrogen) atoms. The summed E-state index contributed by atoms with van der Waals surface area (Å²) < 4.78 is 26.9. The molecule has 0 saturated carbocycles. The predicted octanol–water partition coefficient (Wildman–Crippen LogP) is 2.43. The molecule has 0 bridgehead atoms. The van der Waals surface area contributed by atoms with Crippen LogP contribution in [0.2, 0.25) is 0 Å². The number of amides is 1. The van der Waals surface area contributed by atoms with Crippen molar-refractivity contribution in [3.05, 3.63) is 52.9 Å². The highest BCUT2D eigenvalue weighted by Crippen LogP contribution is 2.27. The zero-order chi connectivity index (χ0) is 17.7. The van der Waals surface area contributed by atoms with Crippen molar-refractivity contribution in [3.63, 3.8) is 0 Å². The molecule has 1 amide bonds. The van der Waals surface area contributed by atoms with Crippen molar-refractivity contribution in [3.8, 4) is 0 Å². The van der Waals surface area contributed by atoms with E-state index in [4.69, 9.17) is 0 Å². The molecule has 0 atom stereocenters. The number of hydrogen-bond acceptors (Lipinski definition) is 4. The monoisotopic (exact) mass is 378 g/mol. The van der Waals surface area contributed by atoms with E-state index in [1.807, 2.05) is 30.3 Å². The average molecular weight is 379 g/mol. The van der Waals surface area contributed by atoms with E-state index in [9.17, 15) is 13.2 Å². The SMILES string of the molecule is O=C(Cc1ccc(S(=O)(=O)N2CCCC2)s1)NCCc1ccccc1. The number of nitrogens with one attached hydrogen (secondary N) is 1. The van der Waals surface area contributed by atoms with Gasteiger partial charge in [-0.25, -0.2) is 8.42 Å². The molecule has 0 spiro atoms. The fraction of sp³-hybridized carbons (Fsp3) is 0.389. The van der Waals surface area contributed by atoms with Crippen molar-refractivity contribution >= 4 is 27.3 Å². The fourth-order valence-corrected chi connectivity index (χ4v) is 5.89. The molecular weight excluding hydrogens is 356 g/mol. The number of thiophene rings is 1. The zero-order valence-corrected chi connectivity index (χ0v) is 15.6. The third-order valence-corrected chi connectivity index (χ3v) is 7.66. The van der Waals surface area contributed by atoms with Crippen LogP contribution in [0.3, 0.4) is 0 Å². The van der Waals surface area contributed by atoms with Gasteiger partial charge in [-0.2, -0.15) is 4.31 Å². The van der Waals surface area contributed by atoms with Crippen molar-refractivity contribution in [1.82, 2.24) is 9.62 Å². The second kappa shape index (κ2) is 8.12. The van der Waals surface area contributed by atoms with Gasteiger partial charge in [0.25, 0.3) is 10.0 Å². The van der Waals surface area contributed by atoms with Gasteiger partial charge in [0.2, 0.25) is 5.91 Å². The molecule has 1 aliphatic rings. The molecule has 7 heteroatoms. The Labute approximate surface area is 152 Å². The van der Waals surface area contributed by atoms with Crippen LogP contribution in [0.4, 0.5) is 0 Å². The molecule has 5 nitrogen and oxygen atoms in total. The number of carbonyl (C=O) groups is 1. The Morgan fingerprint density at radius 1 is 1.08 bits per heavy atom. The Hall–Kier alpha value is -1.70. The average Bonchev–Trinajstić information content (AvgIpc) is 3.28. The van der Waals surface area contributed by atoms with Gasteiger partial charge in [0, 0.05) is 24.5 Å². The Morgan fingerprint density at radius 2 is 1.80 bits per heavy atom. The van der Waals surface area contributed by atoms with Gasteiger partial charge < -0.3 is 5.32 Å². The first-order valence-electron chi connectivity index (χ1n) is 8.45. The molecule has 2 aromatic rings. The predicted molar refractivity (Wildman–Crippen MR) is 99.2 cm³/mol. The van der Waals surface area contributed by atoms with E-state index in [1.54, 1.807) is 12.1 Å². The summed E-state index contributed by atoms with van der Waals surface area (Å²) in [5, 5.41) is 2.89. The minimum absolute atomic E-state index is 0.0806. The smallest absolute Gasteiger partial charge is 0.252 e. The zero-order valence-electron chi connectivity index (χ0n) is 14.0. The maximum absolute atomic E-state index is 12.5. The Balaban J connectivity index is 1.51. The summed E-state index contributed by atoms with van der Waals surface area (Å²) in [6, 6.07) is 13.3. The van der Waals surface area contributed by atoms with Crippen molar-refractivity contribution < 1.29 is 13.2 Å². The second-order valence-electron chi connectivity index (χ2n) is 6.09. The number of benzene rings is 1. The lowest BCUT2D eigenvalue weighted by atomic mass is 10.1. The van der Waals surface area contributed by atoms with Crippen LogP contribution in [0.5, 0.6) is 0 Å². The van der Waals surface area contributed by atoms with Gasteiger partial charge in [-0.1, -0.05) is 30.3 Å². The van der Waals surface area contributed by atoms with Gasteiger partial charge in [-0.3, -0.25) is 4.79 Å². The van der Waals surface area contributed by atoms with Crippen LogP contribution in [0, 0.1) is 0 Å². The summed E-state index contributed by atoms with van der Waals surface area (Å²) in [5.74, 6) is -0.0806. The van der Waals surface area contributed by atoms with Crippen molar-refractivity contribution in [1.29, 1.82) is 0 Å². The molecule has 1 N–H and O–H groups in total. The van der Waals surface area contributed by atoms with Gasteiger partial charge >= 0.3 is 0 Å². The van der Waals surface area contributed by atoms with Crippen LogP contribution in [-0.2, 0) is 27.7 Å². The van der Waals surface area contributed by atoms with E-state index >= 15 is 0 Å². The summed E-state index contributed by atoms with van der Waals surface area (Å²) >= 11 is 1.19. The largest absolute Gasteiger partial charge is 0.355 e. The molecule has 1 saturated heterocycles. The van der Waals surface area contributed by atoms with Crippen molar-refractivity contribution in [2.75, 3.05) is 19.6 Å². The molecule has 1 fully saturated rings. The van der Waals surface area contributed by atoms with Crippen LogP contribution < -0.4 is 5.32 Å². The summed E-state index contributed by atoms with van der Waals surface area (Å²) in [6.07, 6.45) is 2.84. The van der Waals surface area contributed by atoms with Crippen LogP contribution in [0.15, 0.2) is 46.7 Å². The number of sulfonamides is 1. The molecule has 134 valence electrons. The normalized spacial score (nSPS) is 15.4. The minimum atomic E-state index is -3.39. The van der Waals surface area contributed by atoms with Crippen molar-refractivity contribution in [2.24, 2.45) is 0 Å². The third-order valence-electron chi connectivity index (χ3n) is 4.21. The van der Waals surface area contributed by atoms with Crippen LogP contribution >= 0.6 is 11.3 Å². The number of rotatable bonds is 7. The van der Waals surface area contributed by atoms with E-state index in [1.165, 1.54) is 21.2 Å². The first kappa shape index (κ1) is 18.1. The molecule has 0 unspecified atom stereocenters. The van der Waals surface area contributed by atoms with Gasteiger partial charge in [0.15, 0.2) is 0 Å². The summed E-state index contributed by atoms with van der Waals surface area (Å²) in [7, 11) is -3.39. The molecular formula is C18H22N2O3S2. The van der Waals surface area contributed by atoms with E-state index in [0.717, 1.165) is 24.1 Å². The Kier molecular flexibility index (Phi) is 5.88. The van der Waals surface area contributed by atoms with E-state index in [-0.39, 0.29) is 12.3 Å². The molecule has 2 heterocycles. The first-order valence-corrected chi connectivity index (χ1v) is 10.7. The highest BCUT2D eigenvalue weighted by Gasteiger charge is 2.28.